The predicted octanol–water partition coefficient (Wildman–Crippen LogP) is 2.63. The van der Waals surface area contributed by atoms with Gasteiger partial charge in [-0.2, -0.15) is 0 Å². The summed E-state index contributed by atoms with van der Waals surface area (Å²) in [7, 11) is -0.184. The van der Waals surface area contributed by atoms with Crippen molar-refractivity contribution in [2.24, 2.45) is 0 Å². The molecule has 0 aliphatic carbocycles. The van der Waals surface area contributed by atoms with Crippen LogP contribution in [-0.2, 0) is 9.16 Å². The smallest absolute Gasteiger partial charge is 0.271 e. The minimum Gasteiger partial charge on any atom is -0.415 e. The normalized spacial score (nSPS) is 22.8. The van der Waals surface area contributed by atoms with Gasteiger partial charge in [-0.3, -0.25) is 9.36 Å². The molecule has 0 radical (unpaired) electrons. The minimum atomic E-state index is -1.86. The molecule has 1 aromatic heterocycles. The average molecular weight is 350 g/mol. The highest BCUT2D eigenvalue weighted by Gasteiger charge is 2.41. The third kappa shape index (κ3) is 2.74. The molecule has 3 heterocycles. The quantitative estimate of drug-likeness (QED) is 0.782. The first-order valence-electron chi connectivity index (χ1n) is 8.39. The molecule has 7 heteroatoms. The summed E-state index contributed by atoms with van der Waals surface area (Å²) >= 11 is 0. The minimum absolute atomic E-state index is 0.0130. The number of anilines is 1. The Bertz CT molecular complexity index is 721. The summed E-state index contributed by atoms with van der Waals surface area (Å²) in [6, 6.07) is -0.0130. The summed E-state index contributed by atoms with van der Waals surface area (Å²) < 4.78 is 13.7. The Balaban J connectivity index is 1.90. The van der Waals surface area contributed by atoms with Gasteiger partial charge in [-0.25, -0.2) is 4.98 Å². The highest BCUT2D eigenvalue weighted by atomic mass is 28.4. The fourth-order valence-corrected chi connectivity index (χ4v) is 4.02. The van der Waals surface area contributed by atoms with Crippen LogP contribution < -0.4 is 10.5 Å². The molecule has 2 aliphatic heterocycles. The molecular weight excluding hydrogens is 322 g/mol. The lowest BCUT2D eigenvalue weighted by molar-refractivity contribution is 0.135. The van der Waals surface area contributed by atoms with Gasteiger partial charge < -0.3 is 14.1 Å². The summed E-state index contributed by atoms with van der Waals surface area (Å²) in [5.41, 5.74) is 0.739. The van der Waals surface area contributed by atoms with E-state index in [2.05, 4.69) is 43.7 Å². The van der Waals surface area contributed by atoms with Gasteiger partial charge >= 0.3 is 0 Å². The molecule has 0 spiro atoms. The van der Waals surface area contributed by atoms with Crippen LogP contribution in [0.4, 0.5) is 5.82 Å². The van der Waals surface area contributed by atoms with Crippen molar-refractivity contribution in [1.29, 1.82) is 0 Å². The summed E-state index contributed by atoms with van der Waals surface area (Å²) in [6.45, 7) is 12.4. The monoisotopic (exact) mass is 349 g/mol. The first-order valence-corrected chi connectivity index (χ1v) is 11.3. The van der Waals surface area contributed by atoms with E-state index in [1.807, 2.05) is 16.7 Å². The molecule has 2 atom stereocenters. The van der Waals surface area contributed by atoms with Gasteiger partial charge in [-0.1, -0.05) is 20.8 Å². The predicted molar refractivity (Wildman–Crippen MR) is 97.9 cm³/mol. The molecule has 0 amide bonds. The first-order chi connectivity index (χ1) is 11.2. The van der Waals surface area contributed by atoms with E-state index in [1.54, 1.807) is 7.11 Å². The highest BCUT2D eigenvalue weighted by Crippen LogP contribution is 2.39. The standard InChI is InChI=1S/C17H27N3O3Si/c1-17(2,3)24(5,6)23-11-12-10-19-15(22-4)8-7-13-16(19)20(12)14(21)9-18-13/h7-9,12,15H,10-11H2,1-6H3/t12-,15?/m0/s1. The maximum atomic E-state index is 12.4. The fraction of sp³-hybridized carbons (Fsp3) is 0.647. The maximum absolute atomic E-state index is 12.4. The van der Waals surface area contributed by atoms with E-state index in [9.17, 15) is 4.79 Å². The summed E-state index contributed by atoms with van der Waals surface area (Å²) in [5, 5.41) is 0.146. The van der Waals surface area contributed by atoms with Crippen molar-refractivity contribution in [2.45, 2.75) is 51.2 Å². The van der Waals surface area contributed by atoms with Crippen molar-refractivity contribution in [3.05, 3.63) is 28.3 Å². The second-order valence-electron chi connectivity index (χ2n) is 8.04. The van der Waals surface area contributed by atoms with Crippen molar-refractivity contribution in [2.75, 3.05) is 25.2 Å². The highest BCUT2D eigenvalue weighted by molar-refractivity contribution is 6.74. The van der Waals surface area contributed by atoms with Gasteiger partial charge in [0.25, 0.3) is 5.56 Å². The Morgan fingerprint density at radius 3 is 2.71 bits per heavy atom. The van der Waals surface area contributed by atoms with Gasteiger partial charge in [0.1, 0.15) is 11.5 Å². The van der Waals surface area contributed by atoms with E-state index in [0.717, 1.165) is 11.5 Å². The maximum Gasteiger partial charge on any atom is 0.271 e. The van der Waals surface area contributed by atoms with E-state index in [1.165, 1.54) is 6.20 Å². The zero-order valence-electron chi connectivity index (χ0n) is 15.4. The number of rotatable bonds is 4. The van der Waals surface area contributed by atoms with Crippen LogP contribution in [0.5, 0.6) is 0 Å². The molecule has 24 heavy (non-hydrogen) atoms. The molecule has 3 rings (SSSR count). The van der Waals surface area contributed by atoms with Gasteiger partial charge in [-0.05, 0) is 30.3 Å². The molecule has 0 N–H and O–H groups in total. The number of hydrogen-bond acceptors (Lipinski definition) is 5. The van der Waals surface area contributed by atoms with Crippen LogP contribution in [-0.4, -0.2) is 44.4 Å². The van der Waals surface area contributed by atoms with Gasteiger partial charge in [0, 0.05) is 13.7 Å². The molecular formula is C17H27N3O3Si. The average Bonchev–Trinajstić information content (AvgIpc) is 2.89. The molecule has 0 aromatic carbocycles. The van der Waals surface area contributed by atoms with Gasteiger partial charge in [-0.15, -0.1) is 0 Å². The van der Waals surface area contributed by atoms with E-state index in [-0.39, 0.29) is 22.9 Å². The van der Waals surface area contributed by atoms with Crippen LogP contribution in [0, 0.1) is 0 Å². The molecule has 132 valence electrons. The SMILES string of the molecule is COC1C=Cc2ncc(=O)n3c2N1C[C@H]3CO[Si](C)(C)C(C)(C)C. The van der Waals surface area contributed by atoms with Crippen LogP contribution in [0.15, 0.2) is 17.1 Å². The number of methoxy groups -OCH3 is 1. The number of hydrogen-bond donors (Lipinski definition) is 0. The fourth-order valence-electron chi connectivity index (χ4n) is 2.98. The summed E-state index contributed by atoms with van der Waals surface area (Å²) in [4.78, 5) is 18.8. The van der Waals surface area contributed by atoms with Crippen molar-refractivity contribution < 1.29 is 9.16 Å². The van der Waals surface area contributed by atoms with Crippen molar-refractivity contribution >= 4 is 20.2 Å². The Kier molecular flexibility index (Phi) is 4.22. The second kappa shape index (κ2) is 5.82. The van der Waals surface area contributed by atoms with Gasteiger partial charge in [0.2, 0.25) is 0 Å². The number of ether oxygens (including phenoxy) is 1. The molecule has 2 aliphatic rings. The third-order valence-corrected chi connectivity index (χ3v) is 9.96. The Labute approximate surface area is 144 Å². The first kappa shape index (κ1) is 17.4. The molecule has 0 saturated heterocycles. The number of nitrogens with zero attached hydrogens (tertiary/aromatic N) is 3. The van der Waals surface area contributed by atoms with Crippen LogP contribution in [0.1, 0.15) is 32.5 Å². The topological polar surface area (TPSA) is 56.6 Å². The van der Waals surface area contributed by atoms with Crippen molar-refractivity contribution in [3.8, 4) is 0 Å². The van der Waals surface area contributed by atoms with Gasteiger partial charge in [0.15, 0.2) is 14.5 Å². The lowest BCUT2D eigenvalue weighted by atomic mass is 10.2. The van der Waals surface area contributed by atoms with E-state index >= 15 is 0 Å². The largest absolute Gasteiger partial charge is 0.415 e. The van der Waals surface area contributed by atoms with Crippen LogP contribution >= 0.6 is 0 Å². The van der Waals surface area contributed by atoms with Crippen LogP contribution in [0.25, 0.3) is 6.08 Å². The van der Waals surface area contributed by atoms with Crippen molar-refractivity contribution in [3.63, 3.8) is 0 Å². The molecule has 1 unspecified atom stereocenters. The molecule has 6 nitrogen and oxygen atoms in total. The molecule has 1 aromatic rings. The van der Waals surface area contributed by atoms with Crippen LogP contribution in [0.2, 0.25) is 18.1 Å². The summed E-state index contributed by atoms with van der Waals surface area (Å²) in [6.07, 6.45) is 5.14. The zero-order chi connectivity index (χ0) is 17.7. The van der Waals surface area contributed by atoms with Gasteiger partial charge in [0.05, 0.1) is 18.8 Å². The Hall–Kier alpha value is -1.44. The molecule has 0 saturated carbocycles. The van der Waals surface area contributed by atoms with E-state index < -0.39 is 8.32 Å². The third-order valence-electron chi connectivity index (χ3n) is 5.46. The van der Waals surface area contributed by atoms with Crippen molar-refractivity contribution in [1.82, 2.24) is 9.55 Å². The molecule has 0 bridgehead atoms. The lowest BCUT2D eigenvalue weighted by Crippen LogP contribution is -2.43. The molecule has 0 fully saturated rings. The summed E-state index contributed by atoms with van der Waals surface area (Å²) in [5.74, 6) is 0.848. The second-order valence-corrected chi connectivity index (χ2v) is 12.8. The Morgan fingerprint density at radius 1 is 1.38 bits per heavy atom. The van der Waals surface area contributed by atoms with E-state index in [4.69, 9.17) is 9.16 Å². The lowest BCUT2D eigenvalue weighted by Gasteiger charge is -2.37. The number of aromatic nitrogens is 2. The van der Waals surface area contributed by atoms with Crippen LogP contribution in [0.3, 0.4) is 0 Å². The Morgan fingerprint density at radius 2 is 2.08 bits per heavy atom. The zero-order valence-corrected chi connectivity index (χ0v) is 16.4. The van der Waals surface area contributed by atoms with E-state index in [0.29, 0.717) is 13.2 Å².